The fraction of sp³-hybridized carbons (Fsp3) is 0.500. The van der Waals surface area contributed by atoms with E-state index < -0.39 is 0 Å². The molecule has 0 saturated heterocycles. The maximum absolute atomic E-state index is 11.2. The fourth-order valence-electron chi connectivity index (χ4n) is 1.97. The van der Waals surface area contributed by atoms with Gasteiger partial charge in [-0.3, -0.25) is 4.79 Å². The zero-order chi connectivity index (χ0) is 12.3. The maximum Gasteiger partial charge on any atom is 0.224 e. The second-order valence-corrected chi connectivity index (χ2v) is 4.82. The van der Waals surface area contributed by atoms with Crippen molar-refractivity contribution in [3.05, 3.63) is 29.8 Å². The second-order valence-electron chi connectivity index (χ2n) is 4.82. The topological polar surface area (TPSA) is 41.1 Å². The van der Waals surface area contributed by atoms with Crippen LogP contribution >= 0.6 is 0 Å². The van der Waals surface area contributed by atoms with Crippen LogP contribution in [0, 0.1) is 5.92 Å². The van der Waals surface area contributed by atoms with E-state index in [2.05, 4.69) is 29.7 Å². The molecule has 1 unspecified atom stereocenters. The van der Waals surface area contributed by atoms with E-state index in [1.807, 2.05) is 12.1 Å². The molecule has 1 aliphatic carbocycles. The molecule has 0 heterocycles. The first-order valence-corrected chi connectivity index (χ1v) is 6.25. The van der Waals surface area contributed by atoms with Crippen LogP contribution in [-0.4, -0.2) is 19.0 Å². The number of benzene rings is 1. The van der Waals surface area contributed by atoms with Gasteiger partial charge in [-0.1, -0.05) is 12.1 Å². The molecule has 2 rings (SSSR count). The molecule has 17 heavy (non-hydrogen) atoms. The number of nitrogens with one attached hydrogen (secondary N) is 2. The Morgan fingerprint density at radius 2 is 2.00 bits per heavy atom. The summed E-state index contributed by atoms with van der Waals surface area (Å²) in [4.78, 5) is 11.2. The maximum atomic E-state index is 11.2. The summed E-state index contributed by atoms with van der Waals surface area (Å²) in [5.41, 5.74) is 2.19. The molecule has 0 bridgehead atoms. The van der Waals surface area contributed by atoms with Crippen LogP contribution in [-0.2, 0) is 11.2 Å². The Balaban J connectivity index is 1.90. The van der Waals surface area contributed by atoms with Crippen LogP contribution in [0.5, 0.6) is 0 Å². The average Bonchev–Trinajstić information content (AvgIpc) is 3.15. The Morgan fingerprint density at radius 1 is 1.35 bits per heavy atom. The average molecular weight is 232 g/mol. The Bertz CT molecular complexity index is 382. The standard InChI is InChI=1S/C14H20N2O/c1-10(12-5-6-12)16-13-7-3-11(4-8-13)9-14(17)15-2/h3-4,7-8,10,12,16H,5-6,9H2,1-2H3,(H,15,17). The molecule has 3 heteroatoms. The van der Waals surface area contributed by atoms with Gasteiger partial charge < -0.3 is 10.6 Å². The van der Waals surface area contributed by atoms with Crippen molar-refractivity contribution < 1.29 is 4.79 Å². The predicted molar refractivity (Wildman–Crippen MR) is 70.0 cm³/mol. The Kier molecular flexibility index (Phi) is 3.67. The Morgan fingerprint density at radius 3 is 2.53 bits per heavy atom. The SMILES string of the molecule is CNC(=O)Cc1ccc(NC(C)C2CC2)cc1. The third kappa shape index (κ3) is 3.48. The van der Waals surface area contributed by atoms with Gasteiger partial charge in [0.05, 0.1) is 6.42 Å². The summed E-state index contributed by atoms with van der Waals surface area (Å²) in [6.45, 7) is 2.23. The number of carbonyl (C=O) groups excluding carboxylic acids is 1. The van der Waals surface area contributed by atoms with Crippen LogP contribution in [0.4, 0.5) is 5.69 Å². The second kappa shape index (κ2) is 5.21. The van der Waals surface area contributed by atoms with Gasteiger partial charge in [-0.2, -0.15) is 0 Å². The lowest BCUT2D eigenvalue weighted by molar-refractivity contribution is -0.119. The monoisotopic (exact) mass is 232 g/mol. The van der Waals surface area contributed by atoms with E-state index in [-0.39, 0.29) is 5.91 Å². The number of carbonyl (C=O) groups is 1. The third-order valence-corrected chi connectivity index (χ3v) is 3.32. The summed E-state index contributed by atoms with van der Waals surface area (Å²) in [7, 11) is 1.66. The zero-order valence-corrected chi connectivity index (χ0v) is 10.5. The van der Waals surface area contributed by atoms with Crippen molar-refractivity contribution >= 4 is 11.6 Å². The van der Waals surface area contributed by atoms with Crippen LogP contribution in [0.3, 0.4) is 0 Å². The minimum absolute atomic E-state index is 0.0528. The van der Waals surface area contributed by atoms with Crippen molar-refractivity contribution in [2.24, 2.45) is 5.92 Å². The van der Waals surface area contributed by atoms with Crippen molar-refractivity contribution in [2.45, 2.75) is 32.2 Å². The number of anilines is 1. The molecular formula is C14H20N2O. The highest BCUT2D eigenvalue weighted by molar-refractivity contribution is 5.78. The van der Waals surface area contributed by atoms with Crippen LogP contribution < -0.4 is 10.6 Å². The van der Waals surface area contributed by atoms with Gasteiger partial charge in [-0.05, 0) is 43.4 Å². The molecule has 0 aromatic heterocycles. The van der Waals surface area contributed by atoms with Crippen molar-refractivity contribution in [3.8, 4) is 0 Å². The highest BCUT2D eigenvalue weighted by Gasteiger charge is 2.27. The van der Waals surface area contributed by atoms with Crippen molar-refractivity contribution in [1.29, 1.82) is 0 Å². The van der Waals surface area contributed by atoms with E-state index >= 15 is 0 Å². The van der Waals surface area contributed by atoms with Gasteiger partial charge in [-0.25, -0.2) is 0 Å². The van der Waals surface area contributed by atoms with Crippen LogP contribution in [0.1, 0.15) is 25.3 Å². The van der Waals surface area contributed by atoms with E-state index in [4.69, 9.17) is 0 Å². The van der Waals surface area contributed by atoms with E-state index in [0.717, 1.165) is 17.2 Å². The van der Waals surface area contributed by atoms with Crippen LogP contribution in [0.2, 0.25) is 0 Å². The summed E-state index contributed by atoms with van der Waals surface area (Å²) in [6, 6.07) is 8.68. The smallest absolute Gasteiger partial charge is 0.224 e. The summed E-state index contributed by atoms with van der Waals surface area (Å²) in [6.07, 6.45) is 3.15. The molecule has 0 spiro atoms. The molecule has 0 aliphatic heterocycles. The van der Waals surface area contributed by atoms with Crippen molar-refractivity contribution in [3.63, 3.8) is 0 Å². The first-order valence-electron chi connectivity index (χ1n) is 6.25. The number of hydrogen-bond acceptors (Lipinski definition) is 2. The molecule has 92 valence electrons. The number of rotatable bonds is 5. The molecule has 3 nitrogen and oxygen atoms in total. The molecule has 1 amide bonds. The molecule has 1 aromatic carbocycles. The van der Waals surface area contributed by atoms with Gasteiger partial charge in [-0.15, -0.1) is 0 Å². The van der Waals surface area contributed by atoms with Crippen molar-refractivity contribution in [2.75, 3.05) is 12.4 Å². The van der Waals surface area contributed by atoms with E-state index in [0.29, 0.717) is 12.5 Å². The van der Waals surface area contributed by atoms with E-state index in [1.54, 1.807) is 7.05 Å². The molecule has 0 radical (unpaired) electrons. The quantitative estimate of drug-likeness (QED) is 0.817. The summed E-state index contributed by atoms with van der Waals surface area (Å²) in [5.74, 6) is 0.901. The number of hydrogen-bond donors (Lipinski definition) is 2. The van der Waals surface area contributed by atoms with Gasteiger partial charge >= 0.3 is 0 Å². The summed E-state index contributed by atoms with van der Waals surface area (Å²) in [5, 5.41) is 6.13. The highest BCUT2D eigenvalue weighted by atomic mass is 16.1. The largest absolute Gasteiger partial charge is 0.382 e. The molecule has 1 atom stereocenters. The molecule has 1 aromatic rings. The number of likely N-dealkylation sites (N-methyl/N-ethyl adjacent to an activating group) is 1. The molecule has 1 aliphatic rings. The lowest BCUT2D eigenvalue weighted by Gasteiger charge is -2.14. The lowest BCUT2D eigenvalue weighted by atomic mass is 10.1. The van der Waals surface area contributed by atoms with Gasteiger partial charge in [0, 0.05) is 18.8 Å². The van der Waals surface area contributed by atoms with Crippen LogP contribution in [0.15, 0.2) is 24.3 Å². The predicted octanol–water partition coefficient (Wildman–Crippen LogP) is 2.19. The number of amides is 1. The third-order valence-electron chi connectivity index (χ3n) is 3.32. The summed E-state index contributed by atoms with van der Waals surface area (Å²) < 4.78 is 0. The highest BCUT2D eigenvalue weighted by Crippen LogP contribution is 2.33. The minimum atomic E-state index is 0.0528. The van der Waals surface area contributed by atoms with Crippen molar-refractivity contribution in [1.82, 2.24) is 5.32 Å². The first-order chi connectivity index (χ1) is 8.19. The first kappa shape index (κ1) is 12.0. The molecular weight excluding hydrogens is 212 g/mol. The van der Waals surface area contributed by atoms with Gasteiger partial charge in [0.25, 0.3) is 0 Å². The van der Waals surface area contributed by atoms with E-state index in [1.165, 1.54) is 12.8 Å². The fourth-order valence-corrected chi connectivity index (χ4v) is 1.97. The summed E-state index contributed by atoms with van der Waals surface area (Å²) >= 11 is 0. The van der Waals surface area contributed by atoms with Gasteiger partial charge in [0.1, 0.15) is 0 Å². The Hall–Kier alpha value is -1.51. The Labute approximate surface area is 103 Å². The molecule has 1 fully saturated rings. The van der Waals surface area contributed by atoms with Gasteiger partial charge in [0.2, 0.25) is 5.91 Å². The molecule has 1 saturated carbocycles. The van der Waals surface area contributed by atoms with Crippen LogP contribution in [0.25, 0.3) is 0 Å². The van der Waals surface area contributed by atoms with Gasteiger partial charge in [0.15, 0.2) is 0 Å². The van der Waals surface area contributed by atoms with E-state index in [9.17, 15) is 4.79 Å². The minimum Gasteiger partial charge on any atom is -0.382 e. The zero-order valence-electron chi connectivity index (χ0n) is 10.5. The lowest BCUT2D eigenvalue weighted by Crippen LogP contribution is -2.20. The normalized spacial score (nSPS) is 16.4. The molecule has 2 N–H and O–H groups in total.